The maximum atomic E-state index is 5.75. The normalized spacial score (nSPS) is 11.1. The molecule has 0 saturated heterocycles. The van der Waals surface area contributed by atoms with Gasteiger partial charge in [-0.25, -0.2) is 4.98 Å². The molecular formula is C18H20N2O. The van der Waals surface area contributed by atoms with E-state index in [9.17, 15) is 0 Å². The van der Waals surface area contributed by atoms with Gasteiger partial charge in [0.15, 0.2) is 0 Å². The summed E-state index contributed by atoms with van der Waals surface area (Å²) in [5.74, 6) is 0.710. The first-order chi connectivity index (χ1) is 10.4. The Morgan fingerprint density at radius 2 is 1.76 bits per heavy atom. The fraction of sp³-hybridized carbons (Fsp3) is 0.333. The first kappa shape index (κ1) is 13.8. The molecule has 108 valence electrons. The van der Waals surface area contributed by atoms with Crippen LogP contribution in [0.3, 0.4) is 0 Å². The van der Waals surface area contributed by atoms with Gasteiger partial charge in [-0.05, 0) is 30.7 Å². The molecule has 0 spiro atoms. The summed E-state index contributed by atoms with van der Waals surface area (Å²) in [6.45, 7) is 2.96. The van der Waals surface area contributed by atoms with Crippen molar-refractivity contribution in [2.45, 2.75) is 32.6 Å². The van der Waals surface area contributed by atoms with E-state index in [0.29, 0.717) is 5.88 Å². The molecule has 0 unspecified atom stereocenters. The van der Waals surface area contributed by atoms with E-state index >= 15 is 0 Å². The fourth-order valence-corrected chi connectivity index (χ4v) is 2.53. The molecule has 0 aliphatic heterocycles. The molecule has 0 aliphatic rings. The number of ether oxygens (including phenoxy) is 1. The van der Waals surface area contributed by atoms with Crippen LogP contribution in [0.4, 0.5) is 0 Å². The number of nitrogens with zero attached hydrogens (tertiary/aromatic N) is 2. The number of aromatic nitrogens is 2. The quantitative estimate of drug-likeness (QED) is 0.483. The molecular weight excluding hydrogens is 260 g/mol. The minimum absolute atomic E-state index is 0.710. The SMILES string of the molecule is CCCCCCOc1ccc2c(ccc3ncccc32)n1. The smallest absolute Gasteiger partial charge is 0.213 e. The lowest BCUT2D eigenvalue weighted by Gasteiger charge is -2.07. The predicted molar refractivity (Wildman–Crippen MR) is 86.7 cm³/mol. The van der Waals surface area contributed by atoms with Crippen LogP contribution in [0.2, 0.25) is 0 Å². The Kier molecular flexibility index (Phi) is 4.29. The van der Waals surface area contributed by atoms with E-state index in [1.807, 2.05) is 30.5 Å². The summed E-state index contributed by atoms with van der Waals surface area (Å²) < 4.78 is 5.75. The average Bonchev–Trinajstić information content (AvgIpc) is 2.54. The molecule has 3 rings (SSSR count). The Bertz CT molecular complexity index is 739. The van der Waals surface area contributed by atoms with E-state index in [2.05, 4.69) is 29.0 Å². The summed E-state index contributed by atoms with van der Waals surface area (Å²) in [5.41, 5.74) is 1.96. The summed E-state index contributed by atoms with van der Waals surface area (Å²) in [5, 5.41) is 2.26. The molecule has 0 N–H and O–H groups in total. The Balaban J connectivity index is 1.79. The molecule has 21 heavy (non-hydrogen) atoms. The molecule has 0 bridgehead atoms. The third kappa shape index (κ3) is 3.13. The average molecular weight is 280 g/mol. The minimum Gasteiger partial charge on any atom is -0.478 e. The zero-order valence-corrected chi connectivity index (χ0v) is 12.4. The number of hydrogen-bond acceptors (Lipinski definition) is 3. The molecule has 0 fully saturated rings. The van der Waals surface area contributed by atoms with Gasteiger partial charge in [0.2, 0.25) is 5.88 Å². The Morgan fingerprint density at radius 3 is 2.67 bits per heavy atom. The summed E-state index contributed by atoms with van der Waals surface area (Å²) >= 11 is 0. The van der Waals surface area contributed by atoms with E-state index < -0.39 is 0 Å². The number of hydrogen-bond donors (Lipinski definition) is 0. The van der Waals surface area contributed by atoms with Gasteiger partial charge in [-0.2, -0.15) is 0 Å². The summed E-state index contributed by atoms with van der Waals surface area (Å²) in [6, 6.07) is 12.1. The highest BCUT2D eigenvalue weighted by Crippen LogP contribution is 2.24. The predicted octanol–water partition coefficient (Wildman–Crippen LogP) is 4.74. The van der Waals surface area contributed by atoms with E-state index in [1.54, 1.807) is 0 Å². The zero-order chi connectivity index (χ0) is 14.5. The van der Waals surface area contributed by atoms with Crippen LogP contribution in [0.15, 0.2) is 42.6 Å². The number of unbranched alkanes of at least 4 members (excludes halogenated alkanes) is 3. The molecule has 2 aromatic heterocycles. The highest BCUT2D eigenvalue weighted by atomic mass is 16.5. The lowest BCUT2D eigenvalue weighted by atomic mass is 10.1. The van der Waals surface area contributed by atoms with Crippen LogP contribution in [0.25, 0.3) is 21.8 Å². The zero-order valence-electron chi connectivity index (χ0n) is 12.4. The molecule has 1 aromatic carbocycles. The summed E-state index contributed by atoms with van der Waals surface area (Å²) in [4.78, 5) is 8.97. The summed E-state index contributed by atoms with van der Waals surface area (Å²) in [7, 11) is 0. The number of fused-ring (bicyclic) bond motifs is 3. The first-order valence-corrected chi connectivity index (χ1v) is 7.66. The van der Waals surface area contributed by atoms with Gasteiger partial charge < -0.3 is 4.74 Å². The molecule has 0 radical (unpaired) electrons. The molecule has 0 amide bonds. The van der Waals surface area contributed by atoms with Crippen molar-refractivity contribution >= 4 is 21.8 Å². The second-order valence-corrected chi connectivity index (χ2v) is 5.26. The van der Waals surface area contributed by atoms with Crippen molar-refractivity contribution in [3.05, 3.63) is 42.6 Å². The molecule has 3 heteroatoms. The van der Waals surface area contributed by atoms with Gasteiger partial charge in [0.1, 0.15) is 0 Å². The number of pyridine rings is 2. The lowest BCUT2D eigenvalue weighted by Crippen LogP contribution is -1.99. The van der Waals surface area contributed by atoms with Crippen LogP contribution in [-0.4, -0.2) is 16.6 Å². The van der Waals surface area contributed by atoms with Gasteiger partial charge in [-0.15, -0.1) is 0 Å². The van der Waals surface area contributed by atoms with Gasteiger partial charge in [-0.3, -0.25) is 4.98 Å². The van der Waals surface area contributed by atoms with Crippen molar-refractivity contribution < 1.29 is 4.74 Å². The monoisotopic (exact) mass is 280 g/mol. The van der Waals surface area contributed by atoms with Gasteiger partial charge in [-0.1, -0.05) is 32.3 Å². The van der Waals surface area contributed by atoms with Gasteiger partial charge in [0.05, 0.1) is 17.6 Å². The summed E-state index contributed by atoms with van der Waals surface area (Å²) in [6.07, 6.45) is 6.65. The molecule has 0 saturated carbocycles. The molecule has 2 heterocycles. The molecule has 3 nitrogen and oxygen atoms in total. The standard InChI is InChI=1S/C18H20N2O/c1-2-3-4-5-13-21-18-11-8-15-14-7-6-12-19-16(14)9-10-17(15)20-18/h6-12H,2-5,13H2,1H3. The molecule has 3 aromatic rings. The van der Waals surface area contributed by atoms with E-state index in [-0.39, 0.29) is 0 Å². The Labute approximate surface area is 125 Å². The number of benzene rings is 1. The van der Waals surface area contributed by atoms with Gasteiger partial charge in [0, 0.05) is 23.0 Å². The highest BCUT2D eigenvalue weighted by molar-refractivity contribution is 6.04. The number of rotatable bonds is 6. The van der Waals surface area contributed by atoms with E-state index in [1.165, 1.54) is 19.3 Å². The lowest BCUT2D eigenvalue weighted by molar-refractivity contribution is 0.295. The maximum absolute atomic E-state index is 5.75. The fourth-order valence-electron chi connectivity index (χ4n) is 2.53. The van der Waals surface area contributed by atoms with Crippen molar-refractivity contribution in [2.24, 2.45) is 0 Å². The maximum Gasteiger partial charge on any atom is 0.213 e. The van der Waals surface area contributed by atoms with E-state index in [0.717, 1.165) is 34.8 Å². The second-order valence-electron chi connectivity index (χ2n) is 5.26. The van der Waals surface area contributed by atoms with Crippen molar-refractivity contribution in [1.82, 2.24) is 9.97 Å². The third-order valence-electron chi connectivity index (χ3n) is 3.67. The van der Waals surface area contributed by atoms with Crippen LogP contribution in [0, 0.1) is 0 Å². The highest BCUT2D eigenvalue weighted by Gasteiger charge is 2.04. The van der Waals surface area contributed by atoms with Crippen LogP contribution >= 0.6 is 0 Å². The molecule has 0 aliphatic carbocycles. The first-order valence-electron chi connectivity index (χ1n) is 7.66. The Hall–Kier alpha value is -2.16. The third-order valence-corrected chi connectivity index (χ3v) is 3.67. The van der Waals surface area contributed by atoms with Crippen LogP contribution in [0.5, 0.6) is 5.88 Å². The topological polar surface area (TPSA) is 35.0 Å². The van der Waals surface area contributed by atoms with Gasteiger partial charge in [0.25, 0.3) is 0 Å². The van der Waals surface area contributed by atoms with Crippen molar-refractivity contribution in [1.29, 1.82) is 0 Å². The van der Waals surface area contributed by atoms with Crippen molar-refractivity contribution in [3.63, 3.8) is 0 Å². The minimum atomic E-state index is 0.710. The largest absolute Gasteiger partial charge is 0.478 e. The van der Waals surface area contributed by atoms with Crippen molar-refractivity contribution in [3.8, 4) is 5.88 Å². The van der Waals surface area contributed by atoms with Gasteiger partial charge >= 0.3 is 0 Å². The van der Waals surface area contributed by atoms with Crippen LogP contribution < -0.4 is 4.74 Å². The van der Waals surface area contributed by atoms with E-state index in [4.69, 9.17) is 4.74 Å². The van der Waals surface area contributed by atoms with Crippen molar-refractivity contribution in [2.75, 3.05) is 6.61 Å². The second kappa shape index (κ2) is 6.53. The Morgan fingerprint density at radius 1 is 0.905 bits per heavy atom. The van der Waals surface area contributed by atoms with Crippen LogP contribution in [-0.2, 0) is 0 Å². The molecule has 0 atom stereocenters. The van der Waals surface area contributed by atoms with Crippen LogP contribution in [0.1, 0.15) is 32.6 Å².